The van der Waals surface area contributed by atoms with Crippen LogP contribution < -0.4 is 0 Å². The molecule has 0 spiro atoms. The van der Waals surface area contributed by atoms with E-state index in [0.717, 1.165) is 23.8 Å². The molecule has 1 aromatic carbocycles. The average Bonchev–Trinajstić information content (AvgIpc) is 2.25. The average molecular weight is 206 g/mol. The molecule has 0 radical (unpaired) electrons. The van der Waals surface area contributed by atoms with E-state index in [2.05, 4.69) is 0 Å². The number of hydrogen-bond acceptors (Lipinski definition) is 2. The molecule has 0 fully saturated rings. The van der Waals surface area contributed by atoms with Crippen molar-refractivity contribution in [2.75, 3.05) is 0 Å². The second-order valence-corrected chi connectivity index (χ2v) is 3.42. The highest BCUT2D eigenvalue weighted by Crippen LogP contribution is 2.08. The lowest BCUT2D eigenvalue weighted by Gasteiger charge is -2.01. The standard InChI is InChI=1S/C12H14O3/c13-9-1-2-10-3-5-11(6-4-10)7-8-12(14)15/h3-6,9H,1-2,7-8H2,(H,14,15). The molecule has 0 amide bonds. The van der Waals surface area contributed by atoms with Gasteiger partial charge in [0.15, 0.2) is 0 Å². The maximum Gasteiger partial charge on any atom is 0.303 e. The van der Waals surface area contributed by atoms with Gasteiger partial charge in [0.1, 0.15) is 6.29 Å². The normalized spacial score (nSPS) is 9.87. The molecule has 15 heavy (non-hydrogen) atoms. The Bertz CT molecular complexity index is 327. The SMILES string of the molecule is O=CCCc1ccc(CCC(=O)O)cc1. The van der Waals surface area contributed by atoms with Gasteiger partial charge in [-0.1, -0.05) is 24.3 Å². The Morgan fingerprint density at radius 3 is 2.13 bits per heavy atom. The summed E-state index contributed by atoms with van der Waals surface area (Å²) in [5, 5.41) is 8.51. The van der Waals surface area contributed by atoms with Crippen LogP contribution in [-0.2, 0) is 22.4 Å². The minimum atomic E-state index is -0.778. The molecule has 0 aliphatic rings. The summed E-state index contributed by atoms with van der Waals surface area (Å²) in [6, 6.07) is 7.73. The van der Waals surface area contributed by atoms with E-state index in [0.29, 0.717) is 12.8 Å². The predicted molar refractivity (Wildman–Crippen MR) is 56.8 cm³/mol. The van der Waals surface area contributed by atoms with Crippen molar-refractivity contribution in [2.45, 2.75) is 25.7 Å². The Morgan fingerprint density at radius 2 is 1.67 bits per heavy atom. The summed E-state index contributed by atoms with van der Waals surface area (Å²) in [6.07, 6.45) is 2.91. The first kappa shape index (κ1) is 11.4. The van der Waals surface area contributed by atoms with Gasteiger partial charge in [-0.05, 0) is 24.0 Å². The summed E-state index contributed by atoms with van der Waals surface area (Å²) >= 11 is 0. The van der Waals surface area contributed by atoms with Crippen molar-refractivity contribution in [3.63, 3.8) is 0 Å². The smallest absolute Gasteiger partial charge is 0.303 e. The van der Waals surface area contributed by atoms with Gasteiger partial charge in [0.05, 0.1) is 0 Å². The third-order valence-electron chi connectivity index (χ3n) is 2.20. The maximum atomic E-state index is 10.3. The van der Waals surface area contributed by atoms with Gasteiger partial charge in [0, 0.05) is 12.8 Å². The number of carboxylic acid groups (broad SMARTS) is 1. The molecule has 0 bridgehead atoms. The van der Waals surface area contributed by atoms with E-state index < -0.39 is 5.97 Å². The molecular weight excluding hydrogens is 192 g/mol. The summed E-state index contributed by atoms with van der Waals surface area (Å²) in [6.45, 7) is 0. The number of aldehydes is 1. The summed E-state index contributed by atoms with van der Waals surface area (Å²) < 4.78 is 0. The lowest BCUT2D eigenvalue weighted by molar-refractivity contribution is -0.136. The lowest BCUT2D eigenvalue weighted by atomic mass is 10.0. The van der Waals surface area contributed by atoms with Gasteiger partial charge in [0.25, 0.3) is 0 Å². The first-order valence-corrected chi connectivity index (χ1v) is 4.95. The van der Waals surface area contributed by atoms with E-state index in [4.69, 9.17) is 5.11 Å². The van der Waals surface area contributed by atoms with Gasteiger partial charge in [-0.15, -0.1) is 0 Å². The molecule has 0 unspecified atom stereocenters. The number of benzene rings is 1. The fraction of sp³-hybridized carbons (Fsp3) is 0.333. The Labute approximate surface area is 88.7 Å². The van der Waals surface area contributed by atoms with Gasteiger partial charge in [-0.3, -0.25) is 4.79 Å². The number of aryl methyl sites for hydroxylation is 2. The Morgan fingerprint density at radius 1 is 1.13 bits per heavy atom. The van der Waals surface area contributed by atoms with E-state index >= 15 is 0 Å². The first-order valence-electron chi connectivity index (χ1n) is 4.95. The highest BCUT2D eigenvalue weighted by molar-refractivity contribution is 5.67. The Hall–Kier alpha value is -1.64. The molecule has 1 aromatic rings. The van der Waals surface area contributed by atoms with Crippen LogP contribution in [0.3, 0.4) is 0 Å². The second kappa shape index (κ2) is 5.96. The van der Waals surface area contributed by atoms with Crippen molar-refractivity contribution < 1.29 is 14.7 Å². The van der Waals surface area contributed by atoms with Gasteiger partial charge in [0.2, 0.25) is 0 Å². The second-order valence-electron chi connectivity index (χ2n) is 3.42. The lowest BCUT2D eigenvalue weighted by Crippen LogP contribution is -1.97. The van der Waals surface area contributed by atoms with Crippen molar-refractivity contribution >= 4 is 12.3 Å². The molecule has 0 saturated carbocycles. The monoisotopic (exact) mass is 206 g/mol. The zero-order chi connectivity index (χ0) is 11.1. The van der Waals surface area contributed by atoms with Crippen LogP contribution in [0.15, 0.2) is 24.3 Å². The Kier molecular flexibility index (Phi) is 4.54. The summed E-state index contributed by atoms with van der Waals surface area (Å²) in [5.41, 5.74) is 2.13. The highest BCUT2D eigenvalue weighted by Gasteiger charge is 1.99. The number of hydrogen-bond donors (Lipinski definition) is 1. The minimum Gasteiger partial charge on any atom is -0.481 e. The molecule has 0 saturated heterocycles. The quantitative estimate of drug-likeness (QED) is 0.722. The van der Waals surface area contributed by atoms with Crippen LogP contribution in [0.5, 0.6) is 0 Å². The minimum absolute atomic E-state index is 0.160. The van der Waals surface area contributed by atoms with E-state index in [1.807, 2.05) is 24.3 Å². The van der Waals surface area contributed by atoms with Crippen LogP contribution in [0.2, 0.25) is 0 Å². The molecule has 0 heterocycles. The van der Waals surface area contributed by atoms with Crippen LogP contribution in [-0.4, -0.2) is 17.4 Å². The van der Waals surface area contributed by atoms with E-state index in [1.165, 1.54) is 0 Å². The molecule has 1 rings (SSSR count). The van der Waals surface area contributed by atoms with E-state index in [9.17, 15) is 9.59 Å². The van der Waals surface area contributed by atoms with Gasteiger partial charge in [-0.25, -0.2) is 0 Å². The fourth-order valence-corrected chi connectivity index (χ4v) is 1.35. The summed E-state index contributed by atoms with van der Waals surface area (Å²) in [4.78, 5) is 20.5. The van der Waals surface area contributed by atoms with E-state index in [1.54, 1.807) is 0 Å². The molecule has 0 aliphatic heterocycles. The van der Waals surface area contributed by atoms with Crippen molar-refractivity contribution in [1.82, 2.24) is 0 Å². The number of carbonyl (C=O) groups is 2. The van der Waals surface area contributed by atoms with Crippen LogP contribution in [0.25, 0.3) is 0 Å². The predicted octanol–water partition coefficient (Wildman–Crippen LogP) is 1.84. The van der Waals surface area contributed by atoms with Crippen molar-refractivity contribution in [2.24, 2.45) is 0 Å². The van der Waals surface area contributed by atoms with Gasteiger partial charge in [-0.2, -0.15) is 0 Å². The molecule has 0 aliphatic carbocycles. The van der Waals surface area contributed by atoms with Crippen molar-refractivity contribution in [3.05, 3.63) is 35.4 Å². The summed E-state index contributed by atoms with van der Waals surface area (Å²) in [5.74, 6) is -0.778. The molecule has 3 nitrogen and oxygen atoms in total. The largest absolute Gasteiger partial charge is 0.481 e. The summed E-state index contributed by atoms with van der Waals surface area (Å²) in [7, 11) is 0. The molecule has 80 valence electrons. The molecular formula is C12H14O3. The number of rotatable bonds is 6. The Balaban J connectivity index is 2.48. The number of carbonyl (C=O) groups excluding carboxylic acids is 1. The van der Waals surface area contributed by atoms with Crippen molar-refractivity contribution in [1.29, 1.82) is 0 Å². The van der Waals surface area contributed by atoms with Crippen LogP contribution in [0.1, 0.15) is 24.0 Å². The topological polar surface area (TPSA) is 54.4 Å². The fourth-order valence-electron chi connectivity index (χ4n) is 1.35. The van der Waals surface area contributed by atoms with Crippen LogP contribution in [0, 0.1) is 0 Å². The molecule has 0 atom stereocenters. The number of aliphatic carboxylic acids is 1. The third-order valence-corrected chi connectivity index (χ3v) is 2.20. The zero-order valence-electron chi connectivity index (χ0n) is 8.48. The third kappa shape index (κ3) is 4.40. The highest BCUT2D eigenvalue weighted by atomic mass is 16.4. The molecule has 1 N–H and O–H groups in total. The van der Waals surface area contributed by atoms with E-state index in [-0.39, 0.29) is 6.42 Å². The first-order chi connectivity index (χ1) is 7.22. The maximum absolute atomic E-state index is 10.3. The van der Waals surface area contributed by atoms with Crippen LogP contribution in [0.4, 0.5) is 0 Å². The molecule has 3 heteroatoms. The zero-order valence-corrected chi connectivity index (χ0v) is 8.48. The van der Waals surface area contributed by atoms with Gasteiger partial charge >= 0.3 is 5.97 Å². The van der Waals surface area contributed by atoms with Gasteiger partial charge < -0.3 is 9.90 Å². The van der Waals surface area contributed by atoms with Crippen molar-refractivity contribution in [3.8, 4) is 0 Å². The molecule has 0 aromatic heterocycles. The number of carboxylic acids is 1. The van der Waals surface area contributed by atoms with Crippen LogP contribution >= 0.6 is 0 Å².